The van der Waals surface area contributed by atoms with Gasteiger partial charge < -0.3 is 5.73 Å². The number of anilines is 1. The molecule has 2 aromatic heterocycles. The molecule has 0 radical (unpaired) electrons. The second-order valence-electron chi connectivity index (χ2n) is 3.91. The van der Waals surface area contributed by atoms with E-state index in [1.54, 1.807) is 10.8 Å². The van der Waals surface area contributed by atoms with Crippen molar-refractivity contribution in [2.75, 3.05) is 5.73 Å². The zero-order valence-corrected chi connectivity index (χ0v) is 11.1. The van der Waals surface area contributed by atoms with Gasteiger partial charge in [0, 0.05) is 12.7 Å². The number of nitrogens with zero attached hydrogens (tertiary/aromatic N) is 3. The Labute approximate surface area is 109 Å². The molecule has 2 aromatic rings. The highest BCUT2D eigenvalue weighted by molar-refractivity contribution is 7.99. The Kier molecular flexibility index (Phi) is 3.71. The number of rotatable bonds is 4. The van der Waals surface area contributed by atoms with E-state index in [2.05, 4.69) is 15.2 Å². The minimum Gasteiger partial charge on any atom is -0.396 e. The van der Waals surface area contributed by atoms with Crippen LogP contribution in [0.3, 0.4) is 0 Å². The molecule has 0 fully saturated rings. The van der Waals surface area contributed by atoms with Gasteiger partial charge in [-0.05, 0) is 36.7 Å². The van der Waals surface area contributed by atoms with Crippen LogP contribution in [0, 0.1) is 6.92 Å². The molecule has 0 atom stereocenters. The van der Waals surface area contributed by atoms with Crippen LogP contribution in [-0.2, 0) is 6.54 Å². The molecule has 2 heterocycles. The lowest BCUT2D eigenvalue weighted by atomic mass is 10.3. The maximum atomic E-state index is 11.6. The molecule has 0 aliphatic rings. The Bertz CT molecular complexity index is 604. The lowest BCUT2D eigenvalue weighted by molar-refractivity contribution is 0.603. The van der Waals surface area contributed by atoms with Crippen LogP contribution in [0.15, 0.2) is 27.2 Å². The average Bonchev–Trinajstić information content (AvgIpc) is 2.68. The Hall–Kier alpha value is -1.76. The standard InChI is InChI=1S/C11H15N5OS/c1-3-6-16-10(17)14-15-11(16)18-9-8(12)7(2)4-5-13-9/h4-5H,3,6,12H2,1-2H3,(H,14,17). The van der Waals surface area contributed by atoms with Gasteiger partial charge in [-0.3, -0.25) is 4.57 Å². The van der Waals surface area contributed by atoms with E-state index < -0.39 is 0 Å². The number of hydrogen-bond acceptors (Lipinski definition) is 5. The van der Waals surface area contributed by atoms with Crippen LogP contribution in [0.4, 0.5) is 5.69 Å². The highest BCUT2D eigenvalue weighted by Gasteiger charge is 2.12. The van der Waals surface area contributed by atoms with Crippen molar-refractivity contribution in [3.63, 3.8) is 0 Å². The molecule has 18 heavy (non-hydrogen) atoms. The van der Waals surface area contributed by atoms with Crippen molar-refractivity contribution in [2.24, 2.45) is 0 Å². The van der Waals surface area contributed by atoms with Crippen molar-refractivity contribution >= 4 is 17.4 Å². The van der Waals surface area contributed by atoms with Crippen LogP contribution in [0.2, 0.25) is 0 Å². The first-order valence-electron chi connectivity index (χ1n) is 5.67. The van der Waals surface area contributed by atoms with Crippen molar-refractivity contribution in [2.45, 2.75) is 37.0 Å². The minimum absolute atomic E-state index is 0.203. The number of aromatic nitrogens is 4. The Morgan fingerprint density at radius 3 is 3.06 bits per heavy atom. The fraction of sp³-hybridized carbons (Fsp3) is 0.364. The minimum atomic E-state index is -0.203. The lowest BCUT2D eigenvalue weighted by Crippen LogP contribution is -2.17. The maximum Gasteiger partial charge on any atom is 0.343 e. The summed E-state index contributed by atoms with van der Waals surface area (Å²) in [5.74, 6) is 0. The molecule has 0 unspecified atom stereocenters. The first-order chi connectivity index (χ1) is 8.63. The van der Waals surface area contributed by atoms with Gasteiger partial charge in [0.25, 0.3) is 0 Å². The molecular formula is C11H15N5OS. The summed E-state index contributed by atoms with van der Waals surface area (Å²) < 4.78 is 1.59. The molecular weight excluding hydrogens is 250 g/mol. The van der Waals surface area contributed by atoms with E-state index in [0.29, 0.717) is 22.4 Å². The summed E-state index contributed by atoms with van der Waals surface area (Å²) in [5.41, 5.74) is 7.34. The zero-order valence-electron chi connectivity index (χ0n) is 10.3. The summed E-state index contributed by atoms with van der Waals surface area (Å²) >= 11 is 1.30. The van der Waals surface area contributed by atoms with Crippen LogP contribution in [-0.4, -0.2) is 19.7 Å². The van der Waals surface area contributed by atoms with E-state index in [4.69, 9.17) is 5.73 Å². The van der Waals surface area contributed by atoms with Crippen molar-refractivity contribution in [1.82, 2.24) is 19.7 Å². The third-order valence-corrected chi connectivity index (χ3v) is 3.54. The van der Waals surface area contributed by atoms with E-state index in [9.17, 15) is 4.79 Å². The molecule has 0 aromatic carbocycles. The fourth-order valence-corrected chi connectivity index (χ4v) is 2.45. The number of nitrogen functional groups attached to an aromatic ring is 1. The summed E-state index contributed by atoms with van der Waals surface area (Å²) in [6.07, 6.45) is 2.56. The molecule has 0 aliphatic carbocycles. The highest BCUT2D eigenvalue weighted by atomic mass is 32.2. The van der Waals surface area contributed by atoms with Crippen LogP contribution in [0.1, 0.15) is 18.9 Å². The Morgan fingerprint density at radius 1 is 1.56 bits per heavy atom. The summed E-state index contributed by atoms with van der Waals surface area (Å²) in [4.78, 5) is 15.8. The van der Waals surface area contributed by atoms with E-state index in [0.717, 1.165) is 12.0 Å². The molecule has 7 heteroatoms. The number of H-pyrrole nitrogens is 1. The molecule has 0 saturated carbocycles. The third kappa shape index (κ3) is 2.40. The van der Waals surface area contributed by atoms with E-state index >= 15 is 0 Å². The SMILES string of the molecule is CCCn1c(Sc2nccc(C)c2N)n[nH]c1=O. The second kappa shape index (κ2) is 5.26. The predicted octanol–water partition coefficient (Wildman–Crippen LogP) is 1.42. The molecule has 6 nitrogen and oxygen atoms in total. The normalized spacial score (nSPS) is 10.8. The molecule has 96 valence electrons. The van der Waals surface area contributed by atoms with Crippen LogP contribution in [0.25, 0.3) is 0 Å². The quantitative estimate of drug-likeness (QED) is 0.872. The van der Waals surface area contributed by atoms with Gasteiger partial charge in [-0.25, -0.2) is 14.9 Å². The lowest BCUT2D eigenvalue weighted by Gasteiger charge is -2.06. The molecule has 2 rings (SSSR count). The average molecular weight is 265 g/mol. The van der Waals surface area contributed by atoms with E-state index in [1.807, 2.05) is 19.9 Å². The number of nitrogens with two attached hydrogens (primary N) is 1. The van der Waals surface area contributed by atoms with Gasteiger partial charge in [-0.1, -0.05) is 6.92 Å². The van der Waals surface area contributed by atoms with Crippen LogP contribution in [0.5, 0.6) is 0 Å². The number of nitrogens with one attached hydrogen (secondary N) is 1. The Morgan fingerprint density at radius 2 is 2.33 bits per heavy atom. The van der Waals surface area contributed by atoms with Crippen molar-refractivity contribution < 1.29 is 0 Å². The van der Waals surface area contributed by atoms with Crippen molar-refractivity contribution in [3.05, 3.63) is 28.3 Å². The summed E-state index contributed by atoms with van der Waals surface area (Å²) in [5, 5.41) is 7.70. The summed E-state index contributed by atoms with van der Waals surface area (Å²) in [7, 11) is 0. The van der Waals surface area contributed by atoms with Gasteiger partial charge in [-0.2, -0.15) is 0 Å². The first kappa shape index (κ1) is 12.7. The number of aromatic amines is 1. The van der Waals surface area contributed by atoms with Gasteiger partial charge in [0.1, 0.15) is 5.03 Å². The molecule has 0 bridgehead atoms. The van der Waals surface area contributed by atoms with E-state index in [1.165, 1.54) is 11.8 Å². The number of aryl methyl sites for hydroxylation is 1. The number of pyridine rings is 1. The summed E-state index contributed by atoms with van der Waals surface area (Å²) in [6.45, 7) is 4.56. The highest BCUT2D eigenvalue weighted by Crippen LogP contribution is 2.29. The van der Waals surface area contributed by atoms with Crippen molar-refractivity contribution in [1.29, 1.82) is 0 Å². The third-order valence-electron chi connectivity index (χ3n) is 2.53. The smallest absolute Gasteiger partial charge is 0.343 e. The van der Waals surface area contributed by atoms with Gasteiger partial charge >= 0.3 is 5.69 Å². The summed E-state index contributed by atoms with van der Waals surface area (Å²) in [6, 6.07) is 1.85. The Balaban J connectivity index is 2.34. The van der Waals surface area contributed by atoms with Crippen molar-refractivity contribution in [3.8, 4) is 0 Å². The molecule has 0 spiro atoms. The van der Waals surface area contributed by atoms with Gasteiger partial charge in [0.15, 0.2) is 5.16 Å². The topological polar surface area (TPSA) is 89.6 Å². The maximum absolute atomic E-state index is 11.6. The largest absolute Gasteiger partial charge is 0.396 e. The fourth-order valence-electron chi connectivity index (χ4n) is 1.51. The second-order valence-corrected chi connectivity index (χ2v) is 4.87. The zero-order chi connectivity index (χ0) is 13.1. The monoisotopic (exact) mass is 265 g/mol. The van der Waals surface area contributed by atoms with Gasteiger partial charge in [-0.15, -0.1) is 5.10 Å². The number of hydrogen-bond donors (Lipinski definition) is 2. The molecule has 3 N–H and O–H groups in total. The van der Waals surface area contributed by atoms with E-state index in [-0.39, 0.29) is 5.69 Å². The van der Waals surface area contributed by atoms with Crippen LogP contribution < -0.4 is 11.4 Å². The first-order valence-corrected chi connectivity index (χ1v) is 6.49. The van der Waals surface area contributed by atoms with Gasteiger partial charge in [0.2, 0.25) is 0 Å². The molecule has 0 saturated heterocycles. The molecule has 0 aliphatic heterocycles. The molecule has 0 amide bonds. The predicted molar refractivity (Wildman–Crippen MR) is 70.6 cm³/mol. The van der Waals surface area contributed by atoms with Crippen LogP contribution >= 0.6 is 11.8 Å². The van der Waals surface area contributed by atoms with Gasteiger partial charge in [0.05, 0.1) is 5.69 Å².